The van der Waals surface area contributed by atoms with E-state index < -0.39 is 19.0 Å². The molecule has 0 aromatic heterocycles. The van der Waals surface area contributed by atoms with Crippen molar-refractivity contribution in [2.24, 2.45) is 5.92 Å². The molecule has 5 aromatic carbocycles. The van der Waals surface area contributed by atoms with Crippen molar-refractivity contribution >= 4 is 26.3 Å². The Morgan fingerprint density at radius 1 is 0.610 bits per heavy atom. The molecule has 2 aliphatic rings. The Hall–Kier alpha value is -2.83. The number of allylic oxidation sites excluding steroid dienone is 1. The van der Waals surface area contributed by atoms with Crippen molar-refractivity contribution in [2.45, 2.75) is 20.6 Å². The third kappa shape index (κ3) is 3.65. The summed E-state index contributed by atoms with van der Waals surface area (Å²) in [7, 11) is 17.9. The third-order valence-corrected chi connectivity index (χ3v) is 32.0. The van der Waals surface area contributed by atoms with Gasteiger partial charge in [-0.05, 0) is 0 Å². The molecule has 7 rings (SSSR count). The van der Waals surface area contributed by atoms with Crippen molar-refractivity contribution < 1.29 is 15.9 Å². The fourth-order valence-corrected chi connectivity index (χ4v) is 33.4. The van der Waals surface area contributed by atoms with Gasteiger partial charge in [0.05, 0.1) is 0 Å². The van der Waals surface area contributed by atoms with E-state index in [1.807, 2.05) is 0 Å². The van der Waals surface area contributed by atoms with Crippen LogP contribution in [0.1, 0.15) is 50.9 Å². The van der Waals surface area contributed by atoms with Gasteiger partial charge >= 0.3 is 253 Å². The number of halogens is 2. The molecule has 0 spiro atoms. The van der Waals surface area contributed by atoms with Crippen molar-refractivity contribution in [3.05, 3.63) is 173 Å². The summed E-state index contributed by atoms with van der Waals surface area (Å²) in [6, 6.07) is 47.7. The molecule has 0 amide bonds. The minimum absolute atomic E-state index is 0.144. The van der Waals surface area contributed by atoms with Gasteiger partial charge in [-0.1, -0.05) is 0 Å². The van der Waals surface area contributed by atoms with Crippen LogP contribution in [0.3, 0.4) is 0 Å². The number of fused-ring (bicyclic) bond motifs is 4. The first-order valence-electron chi connectivity index (χ1n) is 14.4. The molecule has 0 aliphatic heterocycles. The first kappa shape index (κ1) is 27.0. The Bertz CT molecular complexity index is 1790. The summed E-state index contributed by atoms with van der Waals surface area (Å²) in [6.07, 6.45) is 4.66. The van der Waals surface area contributed by atoms with Gasteiger partial charge in [-0.15, -0.1) is 0 Å². The maximum atomic E-state index is 8.96. The normalized spacial score (nSPS) is 17.8. The molecule has 0 fully saturated rings. The van der Waals surface area contributed by atoms with Gasteiger partial charge in [0.25, 0.3) is 0 Å². The van der Waals surface area contributed by atoms with E-state index in [0.29, 0.717) is 0 Å². The van der Waals surface area contributed by atoms with E-state index in [-0.39, 0.29) is 9.54 Å². The van der Waals surface area contributed by atoms with Gasteiger partial charge in [-0.3, -0.25) is 0 Å². The third-order valence-electron chi connectivity index (χ3n) is 9.53. The fourth-order valence-electron chi connectivity index (χ4n) is 7.96. The molecule has 202 valence electrons. The molecule has 0 nitrogen and oxygen atoms in total. The number of rotatable bonds is 5. The summed E-state index contributed by atoms with van der Waals surface area (Å²) < 4.78 is 0.403. The van der Waals surface area contributed by atoms with Crippen molar-refractivity contribution in [3.63, 3.8) is 0 Å². The van der Waals surface area contributed by atoms with Crippen LogP contribution in [0.2, 0.25) is 0 Å². The van der Waals surface area contributed by atoms with E-state index in [2.05, 4.69) is 159 Å². The van der Waals surface area contributed by atoms with Crippen LogP contribution in [-0.4, -0.2) is 3.21 Å². The SMILES string of the molecule is CC(C)[C]1([Zr]([Cl])([Cl])(=[C](c2ccccc2)c2ccccc2)[CH]2c3ccccc3-c3ccccc32)C=Cc2ccccc21. The predicted octanol–water partition coefficient (Wildman–Crippen LogP) is 10.6. The average Bonchev–Trinajstić information content (AvgIpc) is 3.57. The van der Waals surface area contributed by atoms with Crippen LogP contribution in [0.25, 0.3) is 17.2 Å². The van der Waals surface area contributed by atoms with Gasteiger partial charge in [0.1, 0.15) is 0 Å². The summed E-state index contributed by atoms with van der Waals surface area (Å²) in [5.74, 6) is 0.144. The van der Waals surface area contributed by atoms with Crippen molar-refractivity contribution in [3.8, 4) is 11.1 Å². The monoisotopic (exact) mass is 648 g/mol. The van der Waals surface area contributed by atoms with Crippen molar-refractivity contribution in [1.29, 1.82) is 0 Å². The molecule has 1 unspecified atom stereocenters. The molecule has 41 heavy (non-hydrogen) atoms. The molecule has 5 aromatic rings. The zero-order valence-electron chi connectivity index (χ0n) is 23.3. The van der Waals surface area contributed by atoms with Crippen LogP contribution in [0.4, 0.5) is 0 Å². The molecule has 0 radical (unpaired) electrons. The van der Waals surface area contributed by atoms with Crippen molar-refractivity contribution in [1.82, 2.24) is 0 Å². The molecule has 0 saturated heterocycles. The minimum atomic E-state index is -5.62. The average molecular weight is 651 g/mol. The van der Waals surface area contributed by atoms with E-state index >= 15 is 0 Å². The second-order valence-corrected chi connectivity index (χ2v) is 32.2. The Labute approximate surface area is 251 Å². The molecule has 0 N–H and O–H groups in total. The van der Waals surface area contributed by atoms with Crippen LogP contribution in [0.5, 0.6) is 0 Å². The Morgan fingerprint density at radius 3 is 1.61 bits per heavy atom. The predicted molar refractivity (Wildman–Crippen MR) is 174 cm³/mol. The van der Waals surface area contributed by atoms with Crippen molar-refractivity contribution in [2.75, 3.05) is 0 Å². The molecular weight excluding hydrogens is 619 g/mol. The topological polar surface area (TPSA) is 0 Å². The summed E-state index contributed by atoms with van der Waals surface area (Å²) in [5.41, 5.74) is 9.63. The van der Waals surface area contributed by atoms with E-state index in [1.54, 1.807) is 0 Å². The maximum absolute atomic E-state index is 8.96. The van der Waals surface area contributed by atoms with Gasteiger partial charge in [0.2, 0.25) is 0 Å². The summed E-state index contributed by atoms with van der Waals surface area (Å²) >= 11 is -5.62. The van der Waals surface area contributed by atoms with E-state index in [4.69, 9.17) is 17.0 Å². The molecule has 0 saturated carbocycles. The Balaban J connectivity index is 1.79. The fraction of sp³-hybridized carbons (Fsp3) is 0.132. The van der Waals surface area contributed by atoms with Crippen LogP contribution in [0.15, 0.2) is 140 Å². The summed E-state index contributed by atoms with van der Waals surface area (Å²) in [5, 5.41) is 0. The van der Waals surface area contributed by atoms with Gasteiger partial charge in [-0.2, -0.15) is 0 Å². The quantitative estimate of drug-likeness (QED) is 0.178. The summed E-state index contributed by atoms with van der Waals surface area (Å²) in [6.45, 7) is 4.62. The molecule has 0 heterocycles. The van der Waals surface area contributed by atoms with E-state index in [9.17, 15) is 0 Å². The second kappa shape index (κ2) is 9.88. The van der Waals surface area contributed by atoms with Gasteiger partial charge in [0, 0.05) is 0 Å². The molecule has 1 atom stereocenters. The standard InChI is InChI=1S/C13H9.C13H10.C12H13.2ClH.Zr/c1-3-7-12-10(5-1)9-11-6-2-4-8-13(11)12;1-3-7-12(8-4-1)11-13-9-5-2-6-10-13;1-9(2)11-8-7-10-5-3-4-6-12(10)11;;;/h1-9H;1-10H;3-9H,1-2H3;2*1H;/q;;;;;+2/p-2. The second-order valence-electron chi connectivity index (χ2n) is 11.7. The zero-order chi connectivity index (χ0) is 28.3. The molecule has 0 bridgehead atoms. The molecule has 2 aliphatic carbocycles. The Kier molecular flexibility index (Phi) is 6.51. The number of benzene rings is 5. The Morgan fingerprint density at radius 2 is 1.07 bits per heavy atom. The van der Waals surface area contributed by atoms with Crippen LogP contribution >= 0.6 is 17.0 Å². The van der Waals surface area contributed by atoms with Gasteiger partial charge in [0.15, 0.2) is 0 Å². The number of hydrogen-bond acceptors (Lipinski definition) is 0. The molecule has 3 heteroatoms. The van der Waals surface area contributed by atoms with E-state index in [0.717, 1.165) is 14.3 Å². The first-order chi connectivity index (χ1) is 19.9. The van der Waals surface area contributed by atoms with E-state index in [1.165, 1.54) is 33.4 Å². The summed E-state index contributed by atoms with van der Waals surface area (Å²) in [4.78, 5) is 0. The molecular formula is C38H32Cl2Zr. The number of hydrogen-bond donors (Lipinski definition) is 0. The zero-order valence-corrected chi connectivity index (χ0v) is 27.2. The van der Waals surface area contributed by atoms with Gasteiger partial charge in [-0.25, -0.2) is 0 Å². The van der Waals surface area contributed by atoms with Gasteiger partial charge < -0.3 is 0 Å². The van der Waals surface area contributed by atoms with Crippen LogP contribution in [-0.2, 0) is 19.0 Å². The van der Waals surface area contributed by atoms with Crippen LogP contribution in [0, 0.1) is 5.92 Å². The van der Waals surface area contributed by atoms with Crippen LogP contribution < -0.4 is 0 Å². The first-order valence-corrected chi connectivity index (χ1v) is 24.6.